The van der Waals surface area contributed by atoms with Crippen molar-refractivity contribution in [3.8, 4) is 22.6 Å². The van der Waals surface area contributed by atoms with E-state index in [9.17, 15) is 4.79 Å². The van der Waals surface area contributed by atoms with Gasteiger partial charge < -0.3 is 20.1 Å². The fraction of sp³-hybridized carbons (Fsp3) is 0.381. The SMILES string of the molecule is COc1cc(-c2ccc(C)c(N)c2)cc2c1OCCN(C(=O)C1CC1)C2.Cl. The number of fused-ring (bicyclic) bond motifs is 1. The van der Waals surface area contributed by atoms with Crippen molar-refractivity contribution in [2.45, 2.75) is 26.3 Å². The zero-order valence-corrected chi connectivity index (χ0v) is 16.5. The molecular weight excluding hydrogens is 364 g/mol. The van der Waals surface area contributed by atoms with Crippen molar-refractivity contribution in [2.75, 3.05) is 26.0 Å². The molecule has 1 aliphatic carbocycles. The van der Waals surface area contributed by atoms with Crippen LogP contribution in [0.1, 0.15) is 24.0 Å². The number of carbonyl (C=O) groups excluding carboxylic acids is 1. The van der Waals surface area contributed by atoms with Crippen LogP contribution in [0.25, 0.3) is 11.1 Å². The first-order valence-corrected chi connectivity index (χ1v) is 9.06. The number of hydrogen-bond donors (Lipinski definition) is 1. The molecule has 6 heteroatoms. The summed E-state index contributed by atoms with van der Waals surface area (Å²) in [6, 6.07) is 10.1. The number of rotatable bonds is 3. The molecule has 1 amide bonds. The molecule has 1 saturated carbocycles. The van der Waals surface area contributed by atoms with E-state index >= 15 is 0 Å². The Morgan fingerprint density at radius 1 is 1.22 bits per heavy atom. The summed E-state index contributed by atoms with van der Waals surface area (Å²) in [5.74, 6) is 1.88. The minimum Gasteiger partial charge on any atom is -0.493 e. The second kappa shape index (κ2) is 7.69. The van der Waals surface area contributed by atoms with Crippen LogP contribution in [0.2, 0.25) is 0 Å². The van der Waals surface area contributed by atoms with Gasteiger partial charge in [0.25, 0.3) is 0 Å². The van der Waals surface area contributed by atoms with Gasteiger partial charge in [0.1, 0.15) is 6.61 Å². The highest BCUT2D eigenvalue weighted by molar-refractivity contribution is 5.85. The summed E-state index contributed by atoms with van der Waals surface area (Å²) < 4.78 is 11.5. The fourth-order valence-electron chi connectivity index (χ4n) is 3.40. The summed E-state index contributed by atoms with van der Waals surface area (Å²) in [6.07, 6.45) is 2.02. The second-order valence-electron chi connectivity index (χ2n) is 7.12. The van der Waals surface area contributed by atoms with E-state index < -0.39 is 0 Å². The van der Waals surface area contributed by atoms with Crippen molar-refractivity contribution in [3.05, 3.63) is 41.5 Å². The summed E-state index contributed by atoms with van der Waals surface area (Å²) >= 11 is 0. The predicted octanol–water partition coefficient (Wildman–Crippen LogP) is 3.81. The molecule has 2 N–H and O–H groups in total. The summed E-state index contributed by atoms with van der Waals surface area (Å²) in [5.41, 5.74) is 10.9. The molecule has 0 bridgehead atoms. The monoisotopic (exact) mass is 388 g/mol. The Kier molecular flexibility index (Phi) is 5.51. The number of nitrogens with zero attached hydrogens (tertiary/aromatic N) is 1. The molecule has 27 heavy (non-hydrogen) atoms. The quantitative estimate of drug-likeness (QED) is 0.812. The van der Waals surface area contributed by atoms with E-state index in [1.807, 2.05) is 30.0 Å². The van der Waals surface area contributed by atoms with E-state index in [0.717, 1.165) is 46.5 Å². The average molecular weight is 389 g/mol. The molecular formula is C21H25ClN2O3. The first-order valence-electron chi connectivity index (χ1n) is 9.06. The Morgan fingerprint density at radius 3 is 2.67 bits per heavy atom. The number of ether oxygens (including phenoxy) is 2. The van der Waals surface area contributed by atoms with Gasteiger partial charge in [-0.15, -0.1) is 12.4 Å². The maximum Gasteiger partial charge on any atom is 0.226 e. The third-order valence-corrected chi connectivity index (χ3v) is 5.17. The van der Waals surface area contributed by atoms with Gasteiger partial charge in [-0.1, -0.05) is 12.1 Å². The summed E-state index contributed by atoms with van der Waals surface area (Å²) in [4.78, 5) is 14.4. The lowest BCUT2D eigenvalue weighted by Crippen LogP contribution is -2.33. The van der Waals surface area contributed by atoms with Gasteiger partial charge in [0.05, 0.1) is 13.7 Å². The van der Waals surface area contributed by atoms with Crippen molar-refractivity contribution < 1.29 is 14.3 Å². The second-order valence-corrected chi connectivity index (χ2v) is 7.12. The number of amides is 1. The lowest BCUT2D eigenvalue weighted by atomic mass is 9.99. The Bertz CT molecular complexity index is 865. The highest BCUT2D eigenvalue weighted by atomic mass is 35.5. The van der Waals surface area contributed by atoms with E-state index in [2.05, 4.69) is 12.1 Å². The number of benzene rings is 2. The minimum absolute atomic E-state index is 0. The molecule has 2 aliphatic rings. The lowest BCUT2D eigenvalue weighted by Gasteiger charge is -2.20. The van der Waals surface area contributed by atoms with Crippen LogP contribution >= 0.6 is 12.4 Å². The minimum atomic E-state index is 0. The summed E-state index contributed by atoms with van der Waals surface area (Å²) in [5, 5.41) is 0. The molecule has 4 rings (SSSR count). The zero-order chi connectivity index (χ0) is 18.3. The van der Waals surface area contributed by atoms with Gasteiger partial charge in [-0.2, -0.15) is 0 Å². The number of carbonyl (C=O) groups is 1. The Balaban J connectivity index is 0.00000210. The molecule has 0 atom stereocenters. The van der Waals surface area contributed by atoms with Crippen LogP contribution in [-0.4, -0.2) is 31.1 Å². The zero-order valence-electron chi connectivity index (χ0n) is 15.7. The Morgan fingerprint density at radius 2 is 2.00 bits per heavy atom. The molecule has 0 aromatic heterocycles. The fourth-order valence-corrected chi connectivity index (χ4v) is 3.40. The molecule has 2 aromatic rings. The molecule has 5 nitrogen and oxygen atoms in total. The van der Waals surface area contributed by atoms with Crippen LogP contribution in [0.4, 0.5) is 5.69 Å². The Labute approximate surface area is 165 Å². The van der Waals surface area contributed by atoms with E-state index in [0.29, 0.717) is 25.4 Å². The van der Waals surface area contributed by atoms with Gasteiger partial charge in [0.2, 0.25) is 5.91 Å². The van der Waals surface area contributed by atoms with Crippen molar-refractivity contribution in [2.24, 2.45) is 5.92 Å². The van der Waals surface area contributed by atoms with Crippen LogP contribution in [0.15, 0.2) is 30.3 Å². The number of nitrogen functional groups attached to an aromatic ring is 1. The first kappa shape index (κ1) is 19.4. The number of anilines is 1. The van der Waals surface area contributed by atoms with Gasteiger partial charge in [-0.25, -0.2) is 0 Å². The molecule has 0 saturated heterocycles. The van der Waals surface area contributed by atoms with Crippen LogP contribution in [0.5, 0.6) is 11.5 Å². The van der Waals surface area contributed by atoms with Gasteiger partial charge in [0, 0.05) is 23.7 Å². The average Bonchev–Trinajstić information content (AvgIpc) is 3.48. The lowest BCUT2D eigenvalue weighted by molar-refractivity contribution is -0.133. The van der Waals surface area contributed by atoms with Gasteiger partial charge >= 0.3 is 0 Å². The normalized spacial score (nSPS) is 15.9. The predicted molar refractivity (Wildman–Crippen MR) is 108 cm³/mol. The van der Waals surface area contributed by atoms with Gasteiger partial charge in [0.15, 0.2) is 11.5 Å². The van der Waals surface area contributed by atoms with E-state index in [1.54, 1.807) is 7.11 Å². The van der Waals surface area contributed by atoms with Crippen molar-refractivity contribution >= 4 is 24.0 Å². The molecule has 0 radical (unpaired) electrons. The number of aryl methyl sites for hydroxylation is 1. The third-order valence-electron chi connectivity index (χ3n) is 5.17. The number of hydrogen-bond acceptors (Lipinski definition) is 4. The largest absolute Gasteiger partial charge is 0.493 e. The van der Waals surface area contributed by atoms with E-state index in [1.165, 1.54) is 0 Å². The van der Waals surface area contributed by atoms with E-state index in [4.69, 9.17) is 15.2 Å². The molecule has 1 fully saturated rings. The van der Waals surface area contributed by atoms with Crippen molar-refractivity contribution in [1.82, 2.24) is 4.90 Å². The van der Waals surface area contributed by atoms with E-state index in [-0.39, 0.29) is 24.2 Å². The van der Waals surface area contributed by atoms with Crippen molar-refractivity contribution in [1.29, 1.82) is 0 Å². The summed E-state index contributed by atoms with van der Waals surface area (Å²) in [6.45, 7) is 3.64. The van der Waals surface area contributed by atoms with Crippen LogP contribution in [-0.2, 0) is 11.3 Å². The summed E-state index contributed by atoms with van der Waals surface area (Å²) in [7, 11) is 1.64. The van der Waals surface area contributed by atoms with Crippen LogP contribution in [0.3, 0.4) is 0 Å². The maximum atomic E-state index is 12.5. The van der Waals surface area contributed by atoms with Crippen LogP contribution in [0, 0.1) is 12.8 Å². The molecule has 1 aliphatic heterocycles. The molecule has 2 aromatic carbocycles. The molecule has 144 valence electrons. The molecule has 0 unspecified atom stereocenters. The molecule has 0 spiro atoms. The maximum absolute atomic E-state index is 12.5. The Hall–Kier alpha value is -2.40. The third kappa shape index (κ3) is 3.83. The van der Waals surface area contributed by atoms with Crippen molar-refractivity contribution in [3.63, 3.8) is 0 Å². The first-order chi connectivity index (χ1) is 12.6. The number of nitrogens with two attached hydrogens (primary N) is 1. The topological polar surface area (TPSA) is 64.8 Å². The van der Waals surface area contributed by atoms with Gasteiger partial charge in [-0.3, -0.25) is 4.79 Å². The van der Waals surface area contributed by atoms with Crippen LogP contribution < -0.4 is 15.2 Å². The number of methoxy groups -OCH3 is 1. The highest BCUT2D eigenvalue weighted by Crippen LogP contribution is 2.40. The smallest absolute Gasteiger partial charge is 0.226 e. The highest BCUT2D eigenvalue weighted by Gasteiger charge is 2.34. The molecule has 1 heterocycles. The van der Waals surface area contributed by atoms with Gasteiger partial charge in [-0.05, 0) is 54.7 Å². The standard InChI is InChI=1S/C21H24N2O3.ClH/c1-13-3-4-15(10-18(13)22)16-9-17-12-23(21(24)14-5-6-14)7-8-26-20(17)19(11-16)25-2;/h3-4,9-11,14H,5-8,12,22H2,1-2H3;1H. The number of halogens is 1.